The van der Waals surface area contributed by atoms with Crippen LogP contribution in [0, 0.1) is 17.0 Å². The summed E-state index contributed by atoms with van der Waals surface area (Å²) >= 11 is 0. The molecular formula is C16H25F2NO. The molecule has 0 fully saturated rings. The Labute approximate surface area is 120 Å². The zero-order valence-electron chi connectivity index (χ0n) is 13.0. The van der Waals surface area contributed by atoms with Gasteiger partial charge in [-0.1, -0.05) is 33.8 Å². The summed E-state index contributed by atoms with van der Waals surface area (Å²) in [5.74, 6) is -1.06. The molecule has 0 aliphatic carbocycles. The van der Waals surface area contributed by atoms with Gasteiger partial charge < -0.3 is 10.1 Å². The number of rotatable bonds is 6. The summed E-state index contributed by atoms with van der Waals surface area (Å²) in [5, 5.41) is 3.43. The Kier molecular flexibility index (Phi) is 6.08. The molecule has 0 saturated heterocycles. The van der Waals surface area contributed by atoms with E-state index in [1.54, 1.807) is 7.11 Å². The lowest BCUT2D eigenvalue weighted by Crippen LogP contribution is -2.41. The van der Waals surface area contributed by atoms with E-state index in [4.69, 9.17) is 4.74 Å². The van der Waals surface area contributed by atoms with Crippen LogP contribution in [0.1, 0.15) is 45.7 Å². The van der Waals surface area contributed by atoms with E-state index >= 15 is 0 Å². The molecule has 0 radical (unpaired) electrons. The van der Waals surface area contributed by atoms with Gasteiger partial charge in [0.25, 0.3) is 0 Å². The Balaban J connectivity index is 3.06. The van der Waals surface area contributed by atoms with Crippen molar-refractivity contribution in [2.75, 3.05) is 13.7 Å². The van der Waals surface area contributed by atoms with Crippen LogP contribution in [0.5, 0.6) is 0 Å². The second kappa shape index (κ2) is 7.14. The van der Waals surface area contributed by atoms with Crippen molar-refractivity contribution < 1.29 is 13.5 Å². The fourth-order valence-corrected chi connectivity index (χ4v) is 2.26. The number of ether oxygens (including phenoxy) is 1. The largest absolute Gasteiger partial charge is 0.383 e. The maximum atomic E-state index is 14.1. The third-order valence-corrected chi connectivity index (χ3v) is 3.40. The monoisotopic (exact) mass is 285 g/mol. The smallest absolute Gasteiger partial charge is 0.130 e. The zero-order valence-corrected chi connectivity index (χ0v) is 13.0. The Morgan fingerprint density at radius 1 is 1.25 bits per heavy atom. The SMILES string of the molecule is CC[C@@H](COC)N[C@H](c1ccc(F)cc1F)C(C)(C)C. The predicted molar refractivity (Wildman–Crippen MR) is 77.6 cm³/mol. The third kappa shape index (κ3) is 4.53. The molecule has 1 aromatic rings. The predicted octanol–water partition coefficient (Wildman–Crippen LogP) is 4.07. The van der Waals surface area contributed by atoms with E-state index in [0.29, 0.717) is 12.2 Å². The molecule has 0 spiro atoms. The van der Waals surface area contributed by atoms with Crippen molar-refractivity contribution in [2.24, 2.45) is 5.41 Å². The summed E-state index contributed by atoms with van der Waals surface area (Å²) in [7, 11) is 1.65. The van der Waals surface area contributed by atoms with Crippen LogP contribution in [-0.2, 0) is 4.74 Å². The van der Waals surface area contributed by atoms with Crippen LogP contribution >= 0.6 is 0 Å². The van der Waals surface area contributed by atoms with E-state index < -0.39 is 11.6 Å². The second-order valence-corrected chi connectivity index (χ2v) is 6.19. The fraction of sp³-hybridized carbons (Fsp3) is 0.625. The van der Waals surface area contributed by atoms with Gasteiger partial charge in [0, 0.05) is 30.8 Å². The number of hydrogen-bond donors (Lipinski definition) is 1. The minimum absolute atomic E-state index is 0.133. The Morgan fingerprint density at radius 2 is 1.90 bits per heavy atom. The first-order valence-electron chi connectivity index (χ1n) is 6.99. The molecule has 0 unspecified atom stereocenters. The van der Waals surface area contributed by atoms with Crippen molar-refractivity contribution in [3.05, 3.63) is 35.4 Å². The molecule has 1 rings (SSSR count). The van der Waals surface area contributed by atoms with Gasteiger partial charge in [-0.05, 0) is 17.9 Å². The highest BCUT2D eigenvalue weighted by Crippen LogP contribution is 2.34. The van der Waals surface area contributed by atoms with Gasteiger partial charge in [-0.3, -0.25) is 0 Å². The highest BCUT2D eigenvalue weighted by molar-refractivity contribution is 5.24. The molecule has 2 nitrogen and oxygen atoms in total. The molecule has 1 N–H and O–H groups in total. The molecule has 0 heterocycles. The highest BCUT2D eigenvalue weighted by atomic mass is 19.1. The van der Waals surface area contributed by atoms with Crippen LogP contribution in [0.2, 0.25) is 0 Å². The minimum atomic E-state index is -0.553. The standard InChI is InChI=1S/C16H25F2NO/c1-6-12(10-20-5)19-15(16(2,3)4)13-8-7-11(17)9-14(13)18/h7-9,12,15,19H,6,10H2,1-5H3/t12-,15+/m0/s1. The van der Waals surface area contributed by atoms with Gasteiger partial charge in [-0.15, -0.1) is 0 Å². The third-order valence-electron chi connectivity index (χ3n) is 3.40. The molecule has 1 aromatic carbocycles. The maximum absolute atomic E-state index is 14.1. The normalized spacial score (nSPS) is 15.2. The van der Waals surface area contributed by atoms with Crippen molar-refractivity contribution in [1.82, 2.24) is 5.32 Å². The highest BCUT2D eigenvalue weighted by Gasteiger charge is 2.30. The quantitative estimate of drug-likeness (QED) is 0.851. The number of nitrogens with one attached hydrogen (secondary N) is 1. The number of halogens is 2. The summed E-state index contributed by atoms with van der Waals surface area (Å²) in [6, 6.07) is 3.69. The molecule has 0 aliphatic rings. The summed E-state index contributed by atoms with van der Waals surface area (Å²) in [6.07, 6.45) is 0.878. The molecule has 114 valence electrons. The van der Waals surface area contributed by atoms with Crippen LogP contribution in [0.3, 0.4) is 0 Å². The molecular weight excluding hydrogens is 260 g/mol. The van der Waals surface area contributed by atoms with Crippen molar-refractivity contribution in [3.63, 3.8) is 0 Å². The first-order valence-corrected chi connectivity index (χ1v) is 6.99. The molecule has 0 bridgehead atoms. The average Bonchev–Trinajstić information content (AvgIpc) is 2.34. The van der Waals surface area contributed by atoms with Gasteiger partial charge in [-0.2, -0.15) is 0 Å². The molecule has 4 heteroatoms. The first-order chi connectivity index (χ1) is 9.29. The molecule has 0 aromatic heterocycles. The Morgan fingerprint density at radius 3 is 2.35 bits per heavy atom. The number of benzene rings is 1. The van der Waals surface area contributed by atoms with Crippen molar-refractivity contribution in [2.45, 2.75) is 46.2 Å². The van der Waals surface area contributed by atoms with Gasteiger partial charge in [0.05, 0.1) is 6.61 Å². The molecule has 0 saturated carbocycles. The van der Waals surface area contributed by atoms with Crippen LogP contribution in [0.4, 0.5) is 8.78 Å². The van der Waals surface area contributed by atoms with E-state index in [1.165, 1.54) is 12.1 Å². The summed E-state index contributed by atoms with van der Waals surface area (Å²) < 4.78 is 32.3. The summed E-state index contributed by atoms with van der Waals surface area (Å²) in [5.41, 5.74) is 0.299. The van der Waals surface area contributed by atoms with Crippen LogP contribution in [-0.4, -0.2) is 19.8 Å². The summed E-state index contributed by atoms with van der Waals surface area (Å²) in [6.45, 7) is 8.72. The van der Waals surface area contributed by atoms with Gasteiger partial charge >= 0.3 is 0 Å². The molecule has 20 heavy (non-hydrogen) atoms. The minimum Gasteiger partial charge on any atom is -0.383 e. The second-order valence-electron chi connectivity index (χ2n) is 6.19. The summed E-state index contributed by atoms with van der Waals surface area (Å²) in [4.78, 5) is 0. The van der Waals surface area contributed by atoms with Crippen molar-refractivity contribution in [1.29, 1.82) is 0 Å². The van der Waals surface area contributed by atoms with Gasteiger partial charge in [0.1, 0.15) is 11.6 Å². The van der Waals surface area contributed by atoms with E-state index in [0.717, 1.165) is 12.5 Å². The molecule has 0 aliphatic heterocycles. The van der Waals surface area contributed by atoms with Crippen molar-refractivity contribution in [3.8, 4) is 0 Å². The van der Waals surface area contributed by atoms with Gasteiger partial charge in [0.15, 0.2) is 0 Å². The van der Waals surface area contributed by atoms with Crippen LogP contribution in [0.25, 0.3) is 0 Å². The average molecular weight is 285 g/mol. The number of methoxy groups -OCH3 is 1. The zero-order chi connectivity index (χ0) is 15.3. The Hall–Kier alpha value is -1.00. The topological polar surface area (TPSA) is 21.3 Å². The van der Waals surface area contributed by atoms with Crippen LogP contribution in [0.15, 0.2) is 18.2 Å². The van der Waals surface area contributed by atoms with E-state index in [2.05, 4.69) is 12.2 Å². The lowest BCUT2D eigenvalue weighted by atomic mass is 9.81. The fourth-order valence-electron chi connectivity index (χ4n) is 2.26. The number of hydrogen-bond acceptors (Lipinski definition) is 2. The van der Waals surface area contributed by atoms with E-state index in [1.807, 2.05) is 20.8 Å². The first kappa shape index (κ1) is 17.1. The van der Waals surface area contributed by atoms with Crippen LogP contribution < -0.4 is 5.32 Å². The lowest BCUT2D eigenvalue weighted by molar-refractivity contribution is 0.140. The van der Waals surface area contributed by atoms with E-state index in [9.17, 15) is 8.78 Å². The Bertz CT molecular complexity index is 429. The maximum Gasteiger partial charge on any atom is 0.130 e. The molecule has 0 amide bonds. The van der Waals surface area contributed by atoms with Crippen molar-refractivity contribution >= 4 is 0 Å². The van der Waals surface area contributed by atoms with Gasteiger partial charge in [-0.25, -0.2) is 8.78 Å². The van der Waals surface area contributed by atoms with Gasteiger partial charge in [0.2, 0.25) is 0 Å². The lowest BCUT2D eigenvalue weighted by Gasteiger charge is -2.35. The molecule has 2 atom stereocenters. The van der Waals surface area contributed by atoms with E-state index in [-0.39, 0.29) is 17.5 Å².